The number of carbonyl (C=O) groups excluding carboxylic acids is 2. The van der Waals surface area contributed by atoms with Gasteiger partial charge in [0.2, 0.25) is 0 Å². The molecule has 0 aliphatic carbocycles. The summed E-state index contributed by atoms with van der Waals surface area (Å²) in [6.07, 6.45) is 3.70. The first-order chi connectivity index (χ1) is 12.4. The summed E-state index contributed by atoms with van der Waals surface area (Å²) in [6, 6.07) is 5.84. The van der Waals surface area contributed by atoms with E-state index in [0.29, 0.717) is 29.1 Å². The lowest BCUT2D eigenvalue weighted by Gasteiger charge is -2.09. The number of hydrogen-bond donors (Lipinski definition) is 1. The minimum absolute atomic E-state index is 0.0705. The Balaban J connectivity index is 1.85. The number of rotatable bonds is 6. The molecule has 0 saturated carbocycles. The van der Waals surface area contributed by atoms with Crippen molar-refractivity contribution in [2.24, 2.45) is 0 Å². The maximum absolute atomic E-state index is 12.9. The van der Waals surface area contributed by atoms with E-state index in [0.717, 1.165) is 10.7 Å². The summed E-state index contributed by atoms with van der Waals surface area (Å²) < 4.78 is 7.04. The van der Waals surface area contributed by atoms with Gasteiger partial charge in [-0.05, 0) is 45.4 Å². The van der Waals surface area contributed by atoms with Gasteiger partial charge in [-0.25, -0.2) is 9.78 Å². The minimum atomic E-state index is -0.405. The van der Waals surface area contributed by atoms with Crippen LogP contribution in [-0.2, 0) is 4.74 Å². The first-order valence-electron chi connectivity index (χ1n) is 8.43. The van der Waals surface area contributed by atoms with Gasteiger partial charge < -0.3 is 9.72 Å². The Morgan fingerprint density at radius 1 is 1.35 bits per heavy atom. The maximum Gasteiger partial charge on any atom is 0.340 e. The SMILES string of the molecule is CCOC(=O)c1c(C)[nH]c(C(=O)[C@@H](C)Sc2ncc3ccccn23)c1C. The molecule has 26 heavy (non-hydrogen) atoms. The molecule has 6 nitrogen and oxygen atoms in total. The molecule has 0 saturated heterocycles. The number of fused-ring (bicyclic) bond motifs is 1. The highest BCUT2D eigenvalue weighted by Crippen LogP contribution is 2.28. The number of imidazole rings is 1. The second-order valence-electron chi connectivity index (χ2n) is 6.01. The fourth-order valence-corrected chi connectivity index (χ4v) is 3.86. The summed E-state index contributed by atoms with van der Waals surface area (Å²) in [4.78, 5) is 32.5. The van der Waals surface area contributed by atoms with E-state index < -0.39 is 5.97 Å². The van der Waals surface area contributed by atoms with E-state index >= 15 is 0 Å². The molecule has 3 heterocycles. The highest BCUT2D eigenvalue weighted by atomic mass is 32.2. The third-order valence-electron chi connectivity index (χ3n) is 4.22. The number of Topliss-reactive ketones (excluding diaryl/α,β-unsaturated/α-hetero) is 1. The first-order valence-corrected chi connectivity index (χ1v) is 9.31. The van der Waals surface area contributed by atoms with Gasteiger partial charge in [0.05, 0.1) is 34.8 Å². The van der Waals surface area contributed by atoms with Gasteiger partial charge in [0.1, 0.15) is 0 Å². The van der Waals surface area contributed by atoms with Crippen LogP contribution in [0.3, 0.4) is 0 Å². The summed E-state index contributed by atoms with van der Waals surface area (Å²) in [6.45, 7) is 7.44. The van der Waals surface area contributed by atoms with Crippen molar-refractivity contribution in [3.05, 3.63) is 53.1 Å². The average molecular weight is 371 g/mol. The van der Waals surface area contributed by atoms with Gasteiger partial charge in [0.15, 0.2) is 10.9 Å². The van der Waals surface area contributed by atoms with E-state index in [-0.39, 0.29) is 11.0 Å². The van der Waals surface area contributed by atoms with Crippen LogP contribution >= 0.6 is 11.8 Å². The minimum Gasteiger partial charge on any atom is -0.462 e. The van der Waals surface area contributed by atoms with Crippen molar-refractivity contribution in [1.29, 1.82) is 0 Å². The first kappa shape index (κ1) is 18.3. The molecule has 3 rings (SSSR count). The molecule has 0 spiro atoms. The molecule has 0 bridgehead atoms. The van der Waals surface area contributed by atoms with Crippen molar-refractivity contribution < 1.29 is 14.3 Å². The van der Waals surface area contributed by atoms with Gasteiger partial charge in [-0.15, -0.1) is 0 Å². The number of pyridine rings is 1. The summed E-state index contributed by atoms with van der Waals surface area (Å²) in [5.74, 6) is -0.476. The smallest absolute Gasteiger partial charge is 0.340 e. The number of ketones is 1. The lowest BCUT2D eigenvalue weighted by Crippen LogP contribution is -2.16. The number of thioether (sulfide) groups is 1. The molecule has 3 aromatic rings. The number of esters is 1. The molecule has 0 fully saturated rings. The highest BCUT2D eigenvalue weighted by molar-refractivity contribution is 8.00. The third-order valence-corrected chi connectivity index (χ3v) is 5.30. The number of aromatic amines is 1. The monoisotopic (exact) mass is 371 g/mol. The van der Waals surface area contributed by atoms with Gasteiger partial charge >= 0.3 is 5.97 Å². The molecular formula is C19H21N3O3S. The molecule has 136 valence electrons. The summed E-state index contributed by atoms with van der Waals surface area (Å²) >= 11 is 1.39. The predicted molar refractivity (Wildman–Crippen MR) is 101 cm³/mol. The second-order valence-corrected chi connectivity index (χ2v) is 7.31. The van der Waals surface area contributed by atoms with Crippen LogP contribution in [0.15, 0.2) is 35.7 Å². The molecule has 0 aromatic carbocycles. The van der Waals surface area contributed by atoms with Crippen molar-refractivity contribution in [1.82, 2.24) is 14.4 Å². The Morgan fingerprint density at radius 2 is 2.12 bits per heavy atom. The number of aryl methyl sites for hydroxylation is 1. The Bertz CT molecular complexity index is 974. The van der Waals surface area contributed by atoms with E-state index in [1.165, 1.54) is 11.8 Å². The normalized spacial score (nSPS) is 12.3. The van der Waals surface area contributed by atoms with Crippen molar-refractivity contribution >= 4 is 29.0 Å². The topological polar surface area (TPSA) is 76.5 Å². The molecule has 0 aliphatic rings. The fraction of sp³-hybridized carbons (Fsp3) is 0.316. The Kier molecular flexibility index (Phi) is 5.18. The standard InChI is InChI=1S/C19H21N3O3S/c1-5-25-18(24)15-11(2)16(21-12(15)3)17(23)13(4)26-19-20-10-14-8-6-7-9-22(14)19/h6-10,13,21H,5H2,1-4H3/t13-/m1/s1. The van der Waals surface area contributed by atoms with Gasteiger partial charge in [-0.2, -0.15) is 0 Å². The maximum atomic E-state index is 12.9. The van der Waals surface area contributed by atoms with E-state index in [1.807, 2.05) is 35.7 Å². The van der Waals surface area contributed by atoms with E-state index in [2.05, 4.69) is 9.97 Å². The zero-order valence-corrected chi connectivity index (χ0v) is 16.0. The third kappa shape index (κ3) is 3.26. The summed E-state index contributed by atoms with van der Waals surface area (Å²) in [5, 5.41) is 0.403. The highest BCUT2D eigenvalue weighted by Gasteiger charge is 2.26. The zero-order chi connectivity index (χ0) is 18.8. The predicted octanol–water partition coefficient (Wildman–Crippen LogP) is 3.82. The van der Waals surface area contributed by atoms with Crippen LogP contribution in [0, 0.1) is 13.8 Å². The number of nitrogens with zero attached hydrogens (tertiary/aromatic N) is 2. The number of ether oxygens (including phenoxy) is 1. The molecule has 7 heteroatoms. The number of nitrogens with one attached hydrogen (secondary N) is 1. The Morgan fingerprint density at radius 3 is 2.85 bits per heavy atom. The molecule has 3 aromatic heterocycles. The van der Waals surface area contributed by atoms with Crippen molar-refractivity contribution in [2.45, 2.75) is 38.1 Å². The van der Waals surface area contributed by atoms with E-state index in [1.54, 1.807) is 27.0 Å². The van der Waals surface area contributed by atoms with Gasteiger partial charge in [0, 0.05) is 11.9 Å². The fourth-order valence-electron chi connectivity index (χ4n) is 2.93. The molecule has 0 aliphatic heterocycles. The Hall–Kier alpha value is -2.54. The molecule has 0 unspecified atom stereocenters. The van der Waals surface area contributed by atoms with Crippen LogP contribution < -0.4 is 0 Å². The number of H-pyrrole nitrogens is 1. The van der Waals surface area contributed by atoms with Crippen LogP contribution in [0.4, 0.5) is 0 Å². The summed E-state index contributed by atoms with van der Waals surface area (Å²) in [7, 11) is 0. The molecule has 0 amide bonds. The van der Waals surface area contributed by atoms with Gasteiger partial charge in [-0.1, -0.05) is 17.8 Å². The largest absolute Gasteiger partial charge is 0.462 e. The van der Waals surface area contributed by atoms with Crippen LogP contribution in [-0.4, -0.2) is 38.0 Å². The number of aromatic nitrogens is 3. The van der Waals surface area contributed by atoms with E-state index in [9.17, 15) is 9.59 Å². The van der Waals surface area contributed by atoms with Gasteiger partial charge in [-0.3, -0.25) is 9.20 Å². The van der Waals surface area contributed by atoms with Crippen molar-refractivity contribution in [2.75, 3.05) is 6.61 Å². The van der Waals surface area contributed by atoms with Crippen molar-refractivity contribution in [3.8, 4) is 0 Å². The second kappa shape index (κ2) is 7.37. The van der Waals surface area contributed by atoms with Crippen LogP contribution in [0.1, 0.15) is 46.0 Å². The molecule has 0 radical (unpaired) electrons. The number of carbonyl (C=O) groups is 2. The zero-order valence-electron chi connectivity index (χ0n) is 15.2. The summed E-state index contributed by atoms with van der Waals surface area (Å²) in [5.41, 5.74) is 3.15. The molecule has 1 N–H and O–H groups in total. The Labute approximate surface area is 156 Å². The molecule has 1 atom stereocenters. The van der Waals surface area contributed by atoms with Gasteiger partial charge in [0.25, 0.3) is 0 Å². The van der Waals surface area contributed by atoms with E-state index in [4.69, 9.17) is 4.74 Å². The van der Waals surface area contributed by atoms with Crippen LogP contribution in [0.5, 0.6) is 0 Å². The lowest BCUT2D eigenvalue weighted by atomic mass is 10.1. The average Bonchev–Trinajstić information content (AvgIpc) is 3.15. The lowest BCUT2D eigenvalue weighted by molar-refractivity contribution is 0.0525. The molecular weight excluding hydrogens is 350 g/mol. The number of hydrogen-bond acceptors (Lipinski definition) is 5. The van der Waals surface area contributed by atoms with Crippen LogP contribution in [0.25, 0.3) is 5.52 Å². The quantitative estimate of drug-likeness (QED) is 0.405. The van der Waals surface area contributed by atoms with Crippen LogP contribution in [0.2, 0.25) is 0 Å². The van der Waals surface area contributed by atoms with Crippen molar-refractivity contribution in [3.63, 3.8) is 0 Å².